The number of nitrogens with zero attached hydrogens (tertiary/aromatic N) is 4. The van der Waals surface area contributed by atoms with Crippen LogP contribution in [0.3, 0.4) is 0 Å². The molecule has 4 aromatic rings. The number of benzene rings is 1. The molecule has 0 saturated heterocycles. The van der Waals surface area contributed by atoms with E-state index in [1.165, 1.54) is 6.26 Å². The van der Waals surface area contributed by atoms with Crippen LogP contribution >= 0.6 is 0 Å². The molecule has 0 N–H and O–H groups in total. The number of sulfone groups is 1. The maximum atomic E-state index is 11.7. The van der Waals surface area contributed by atoms with Gasteiger partial charge in [0, 0.05) is 17.7 Å². The average Bonchev–Trinajstić information content (AvgIpc) is 3.11. The molecule has 0 saturated carbocycles. The Morgan fingerprint density at radius 2 is 1.81 bits per heavy atom. The van der Waals surface area contributed by atoms with E-state index in [4.69, 9.17) is 4.74 Å². The van der Waals surface area contributed by atoms with Gasteiger partial charge in [-0.25, -0.2) is 18.4 Å². The lowest BCUT2D eigenvalue weighted by atomic mass is 10.1. The molecule has 0 bridgehead atoms. The van der Waals surface area contributed by atoms with Gasteiger partial charge in [-0.3, -0.25) is 0 Å². The first-order valence-corrected chi connectivity index (χ1v) is 10.2. The van der Waals surface area contributed by atoms with Crippen molar-refractivity contribution in [2.45, 2.75) is 17.9 Å². The number of hydrogen-bond donors (Lipinski definition) is 0. The van der Waals surface area contributed by atoms with Crippen molar-refractivity contribution in [2.24, 2.45) is 0 Å². The molecule has 0 radical (unpaired) electrons. The van der Waals surface area contributed by atoms with Crippen molar-refractivity contribution in [3.8, 4) is 5.88 Å². The second-order valence-electron chi connectivity index (χ2n) is 6.39. The van der Waals surface area contributed by atoms with Gasteiger partial charge in [0.05, 0.1) is 36.1 Å². The molecule has 8 heteroatoms. The van der Waals surface area contributed by atoms with Crippen LogP contribution < -0.4 is 4.74 Å². The zero-order valence-corrected chi connectivity index (χ0v) is 15.9. The van der Waals surface area contributed by atoms with Crippen molar-refractivity contribution in [3.05, 3.63) is 54.5 Å². The molecule has 3 aromatic heterocycles. The fourth-order valence-corrected chi connectivity index (χ4v) is 3.78. The van der Waals surface area contributed by atoms with E-state index in [9.17, 15) is 8.42 Å². The minimum absolute atomic E-state index is 0.0451. The number of ether oxygens (including phenoxy) is 1. The normalized spacial score (nSPS) is 13.1. The number of fused-ring (bicyclic) bond motifs is 3. The predicted octanol–water partition coefficient (Wildman–Crippen LogP) is 3.00. The zero-order chi connectivity index (χ0) is 19.2. The van der Waals surface area contributed by atoms with Crippen molar-refractivity contribution >= 4 is 31.9 Å². The third-order valence-electron chi connectivity index (χ3n) is 4.65. The number of rotatable bonds is 4. The quantitative estimate of drug-likeness (QED) is 0.539. The van der Waals surface area contributed by atoms with Crippen LogP contribution in [0.5, 0.6) is 5.88 Å². The molecule has 0 aliphatic heterocycles. The summed E-state index contributed by atoms with van der Waals surface area (Å²) in [6, 6.07) is 10.6. The van der Waals surface area contributed by atoms with E-state index >= 15 is 0 Å². The molecule has 7 nitrogen and oxygen atoms in total. The standard InChI is InChI=1S/C19H18N4O3S/c1-12(13-4-6-14(7-5-13)27(3,24)25)23-11-21-16-10-20-19-15(18(16)23)8-9-17(22-19)26-2/h4-12H,1-3H3/t12-/m1/s1. The van der Waals surface area contributed by atoms with Gasteiger partial charge < -0.3 is 9.30 Å². The number of pyridine rings is 2. The van der Waals surface area contributed by atoms with Gasteiger partial charge in [0.25, 0.3) is 0 Å². The zero-order valence-electron chi connectivity index (χ0n) is 15.1. The predicted molar refractivity (Wildman–Crippen MR) is 103 cm³/mol. The Kier molecular flexibility index (Phi) is 4.07. The Morgan fingerprint density at radius 3 is 2.48 bits per heavy atom. The topological polar surface area (TPSA) is 87.0 Å². The number of hydrogen-bond acceptors (Lipinski definition) is 6. The third-order valence-corrected chi connectivity index (χ3v) is 5.78. The molecule has 27 heavy (non-hydrogen) atoms. The molecule has 0 amide bonds. The summed E-state index contributed by atoms with van der Waals surface area (Å²) in [7, 11) is -1.65. The minimum Gasteiger partial charge on any atom is -0.481 e. The lowest BCUT2D eigenvalue weighted by molar-refractivity contribution is 0.399. The smallest absolute Gasteiger partial charge is 0.215 e. The van der Waals surface area contributed by atoms with Gasteiger partial charge in [-0.15, -0.1) is 0 Å². The summed E-state index contributed by atoms with van der Waals surface area (Å²) in [6.07, 6.45) is 4.67. The molecular weight excluding hydrogens is 364 g/mol. The molecule has 1 aromatic carbocycles. The number of imidazole rings is 1. The highest BCUT2D eigenvalue weighted by molar-refractivity contribution is 7.90. The van der Waals surface area contributed by atoms with Gasteiger partial charge in [0.15, 0.2) is 15.5 Å². The Balaban J connectivity index is 1.84. The van der Waals surface area contributed by atoms with Crippen molar-refractivity contribution in [1.82, 2.24) is 19.5 Å². The van der Waals surface area contributed by atoms with Crippen LogP contribution in [0.25, 0.3) is 22.1 Å². The van der Waals surface area contributed by atoms with E-state index < -0.39 is 9.84 Å². The first kappa shape index (κ1) is 17.4. The Labute approximate surface area is 156 Å². The minimum atomic E-state index is -3.22. The van der Waals surface area contributed by atoms with Gasteiger partial charge >= 0.3 is 0 Å². The van der Waals surface area contributed by atoms with Crippen LogP contribution in [0.15, 0.2) is 53.8 Å². The summed E-state index contributed by atoms with van der Waals surface area (Å²) >= 11 is 0. The largest absolute Gasteiger partial charge is 0.481 e. The van der Waals surface area contributed by atoms with Crippen molar-refractivity contribution < 1.29 is 13.2 Å². The van der Waals surface area contributed by atoms with Gasteiger partial charge in [0.2, 0.25) is 5.88 Å². The molecule has 4 rings (SSSR count). The molecule has 1 atom stereocenters. The molecule has 138 valence electrons. The van der Waals surface area contributed by atoms with Crippen LogP contribution in [0.1, 0.15) is 18.5 Å². The van der Waals surface area contributed by atoms with E-state index in [2.05, 4.69) is 15.0 Å². The maximum absolute atomic E-state index is 11.7. The molecule has 3 heterocycles. The number of methoxy groups -OCH3 is 1. The second kappa shape index (κ2) is 6.31. The fraction of sp³-hybridized carbons (Fsp3) is 0.211. The second-order valence-corrected chi connectivity index (χ2v) is 8.40. The lowest BCUT2D eigenvalue weighted by Gasteiger charge is -2.16. The van der Waals surface area contributed by atoms with E-state index in [-0.39, 0.29) is 6.04 Å². The lowest BCUT2D eigenvalue weighted by Crippen LogP contribution is -2.06. The average molecular weight is 382 g/mol. The molecular formula is C19H18N4O3S. The van der Waals surface area contributed by atoms with Crippen LogP contribution in [0, 0.1) is 0 Å². The monoisotopic (exact) mass is 382 g/mol. The van der Waals surface area contributed by atoms with Gasteiger partial charge in [-0.2, -0.15) is 4.98 Å². The van der Waals surface area contributed by atoms with Crippen molar-refractivity contribution in [3.63, 3.8) is 0 Å². The van der Waals surface area contributed by atoms with Crippen molar-refractivity contribution in [1.29, 1.82) is 0 Å². The summed E-state index contributed by atoms with van der Waals surface area (Å²) in [4.78, 5) is 13.5. The van der Waals surface area contributed by atoms with Crippen LogP contribution in [0.4, 0.5) is 0 Å². The van der Waals surface area contributed by atoms with Crippen LogP contribution in [-0.4, -0.2) is 41.3 Å². The van der Waals surface area contributed by atoms with Gasteiger partial charge in [-0.05, 0) is 30.7 Å². The Bertz CT molecular complexity index is 1250. The Hall–Kier alpha value is -3.00. The summed E-state index contributed by atoms with van der Waals surface area (Å²) < 4.78 is 30.6. The van der Waals surface area contributed by atoms with E-state index in [0.29, 0.717) is 16.4 Å². The summed E-state index contributed by atoms with van der Waals surface area (Å²) in [5.41, 5.74) is 3.26. The maximum Gasteiger partial charge on any atom is 0.215 e. The van der Waals surface area contributed by atoms with Crippen LogP contribution in [0.2, 0.25) is 0 Å². The molecule has 0 spiro atoms. The summed E-state index contributed by atoms with van der Waals surface area (Å²) in [5, 5.41) is 0.880. The molecule has 0 unspecified atom stereocenters. The molecule has 0 aliphatic carbocycles. The van der Waals surface area contributed by atoms with Gasteiger partial charge in [0.1, 0.15) is 5.52 Å². The molecule has 0 fully saturated rings. The van der Waals surface area contributed by atoms with E-state index in [1.54, 1.807) is 37.8 Å². The summed E-state index contributed by atoms with van der Waals surface area (Å²) in [5.74, 6) is 0.504. The molecule has 0 aliphatic rings. The van der Waals surface area contributed by atoms with Crippen molar-refractivity contribution in [2.75, 3.05) is 13.4 Å². The first-order chi connectivity index (χ1) is 12.9. The SMILES string of the molecule is COc1ccc2c(ncc3ncn([C@H](C)c4ccc(S(C)(=O)=O)cc4)c32)n1. The number of aromatic nitrogens is 4. The highest BCUT2D eigenvalue weighted by Gasteiger charge is 2.16. The first-order valence-electron chi connectivity index (χ1n) is 8.35. The summed E-state index contributed by atoms with van der Waals surface area (Å²) in [6.45, 7) is 2.04. The van der Waals surface area contributed by atoms with E-state index in [1.807, 2.05) is 29.7 Å². The highest BCUT2D eigenvalue weighted by atomic mass is 32.2. The fourth-order valence-electron chi connectivity index (χ4n) is 3.15. The highest BCUT2D eigenvalue weighted by Crippen LogP contribution is 2.29. The van der Waals surface area contributed by atoms with E-state index in [0.717, 1.165) is 22.0 Å². The van der Waals surface area contributed by atoms with Crippen LogP contribution in [-0.2, 0) is 9.84 Å². The third kappa shape index (κ3) is 3.02. The van der Waals surface area contributed by atoms with Gasteiger partial charge in [-0.1, -0.05) is 12.1 Å². The Morgan fingerprint density at radius 1 is 1.07 bits per heavy atom.